The van der Waals surface area contributed by atoms with E-state index in [1.165, 1.54) is 0 Å². The summed E-state index contributed by atoms with van der Waals surface area (Å²) < 4.78 is 5.03. The molecule has 1 fully saturated rings. The highest BCUT2D eigenvalue weighted by Gasteiger charge is 2.23. The van der Waals surface area contributed by atoms with E-state index in [1.807, 2.05) is 13.0 Å². The molecule has 0 aromatic carbocycles. The molecular weight excluding hydrogens is 332 g/mol. The summed E-state index contributed by atoms with van der Waals surface area (Å²) in [5, 5.41) is 6.29. The van der Waals surface area contributed by atoms with E-state index in [2.05, 4.69) is 22.5 Å². The Morgan fingerprint density at radius 2 is 2.00 bits per heavy atom. The van der Waals surface area contributed by atoms with Gasteiger partial charge in [0.15, 0.2) is 0 Å². The minimum absolute atomic E-state index is 0.0807. The number of nitrogens with zero attached hydrogens (tertiary/aromatic N) is 2. The fourth-order valence-electron chi connectivity index (χ4n) is 2.92. The molecule has 7 nitrogen and oxygen atoms in total. The van der Waals surface area contributed by atoms with Gasteiger partial charge in [-0.15, -0.1) is 0 Å². The Labute approximate surface area is 155 Å². The van der Waals surface area contributed by atoms with Gasteiger partial charge < -0.3 is 20.3 Å². The molecule has 7 heteroatoms. The first-order valence-corrected chi connectivity index (χ1v) is 9.56. The summed E-state index contributed by atoms with van der Waals surface area (Å²) in [7, 11) is 0. The first-order valence-electron chi connectivity index (χ1n) is 9.56. The van der Waals surface area contributed by atoms with E-state index in [9.17, 15) is 9.59 Å². The SMILES string of the molecule is CCCCCNC(=O)c1ccc(NC2CCN(C(=O)OCC)CC2)nc1. The molecule has 2 rings (SSSR count). The zero-order valence-corrected chi connectivity index (χ0v) is 15.8. The number of unbranched alkanes of at least 4 members (excludes halogenated alkanes) is 2. The Balaban J connectivity index is 1.75. The molecule has 144 valence electrons. The highest BCUT2D eigenvalue weighted by molar-refractivity contribution is 5.94. The number of hydrogen-bond donors (Lipinski definition) is 2. The van der Waals surface area contributed by atoms with E-state index in [4.69, 9.17) is 4.74 Å². The Morgan fingerprint density at radius 3 is 2.62 bits per heavy atom. The number of amides is 2. The molecule has 2 heterocycles. The standard InChI is InChI=1S/C19H30N4O3/c1-3-5-6-11-20-18(24)15-7-8-17(21-14-15)22-16-9-12-23(13-10-16)19(25)26-4-2/h7-8,14,16H,3-6,9-13H2,1-2H3,(H,20,24)(H,21,22). The molecule has 0 atom stereocenters. The summed E-state index contributed by atoms with van der Waals surface area (Å²) in [6.07, 6.45) is 6.32. The second-order valence-corrected chi connectivity index (χ2v) is 6.50. The van der Waals surface area contributed by atoms with Gasteiger partial charge in [0.1, 0.15) is 5.82 Å². The lowest BCUT2D eigenvalue weighted by Gasteiger charge is -2.31. The highest BCUT2D eigenvalue weighted by atomic mass is 16.6. The van der Waals surface area contributed by atoms with Crippen molar-refractivity contribution in [3.63, 3.8) is 0 Å². The molecule has 2 N–H and O–H groups in total. The number of piperidine rings is 1. The van der Waals surface area contributed by atoms with Gasteiger partial charge in [-0.1, -0.05) is 19.8 Å². The van der Waals surface area contributed by atoms with E-state index >= 15 is 0 Å². The molecule has 0 saturated carbocycles. The van der Waals surface area contributed by atoms with Crippen molar-refractivity contribution in [1.29, 1.82) is 0 Å². The predicted molar refractivity (Wildman–Crippen MR) is 101 cm³/mol. The Morgan fingerprint density at radius 1 is 1.23 bits per heavy atom. The summed E-state index contributed by atoms with van der Waals surface area (Å²) in [4.78, 5) is 29.8. The van der Waals surface area contributed by atoms with E-state index in [1.54, 1.807) is 17.2 Å². The van der Waals surface area contributed by atoms with Crippen molar-refractivity contribution >= 4 is 17.8 Å². The third-order valence-corrected chi connectivity index (χ3v) is 4.46. The molecule has 1 aromatic heterocycles. The van der Waals surface area contributed by atoms with Gasteiger partial charge in [0.2, 0.25) is 0 Å². The van der Waals surface area contributed by atoms with Crippen LogP contribution in [0, 0.1) is 0 Å². The summed E-state index contributed by atoms with van der Waals surface area (Å²) in [6.45, 7) is 6.40. The van der Waals surface area contributed by atoms with Crippen LogP contribution in [-0.2, 0) is 4.74 Å². The van der Waals surface area contributed by atoms with Gasteiger partial charge >= 0.3 is 6.09 Å². The maximum absolute atomic E-state index is 12.0. The molecule has 26 heavy (non-hydrogen) atoms. The van der Waals surface area contributed by atoms with Crippen molar-refractivity contribution in [3.05, 3.63) is 23.9 Å². The van der Waals surface area contributed by atoms with Gasteiger partial charge in [-0.3, -0.25) is 4.79 Å². The second kappa shape index (κ2) is 10.6. The number of aromatic nitrogens is 1. The number of ether oxygens (including phenoxy) is 1. The number of carbonyl (C=O) groups excluding carboxylic acids is 2. The van der Waals surface area contributed by atoms with Crippen molar-refractivity contribution < 1.29 is 14.3 Å². The Hall–Kier alpha value is -2.31. The molecule has 0 unspecified atom stereocenters. The number of anilines is 1. The highest BCUT2D eigenvalue weighted by Crippen LogP contribution is 2.16. The van der Waals surface area contributed by atoms with E-state index < -0.39 is 0 Å². The number of pyridine rings is 1. The lowest BCUT2D eigenvalue weighted by atomic mass is 10.1. The minimum Gasteiger partial charge on any atom is -0.450 e. The van der Waals surface area contributed by atoms with Crippen LogP contribution in [0.2, 0.25) is 0 Å². The quantitative estimate of drug-likeness (QED) is 0.695. The largest absolute Gasteiger partial charge is 0.450 e. The van der Waals surface area contributed by atoms with Crippen LogP contribution in [-0.4, -0.2) is 54.2 Å². The first kappa shape index (κ1) is 20.0. The zero-order chi connectivity index (χ0) is 18.8. The normalized spacial score (nSPS) is 14.8. The van der Waals surface area contributed by atoms with Crippen molar-refractivity contribution in [2.24, 2.45) is 0 Å². The molecule has 1 aromatic rings. The molecule has 1 aliphatic heterocycles. The molecule has 0 aliphatic carbocycles. The van der Waals surface area contributed by atoms with Crippen LogP contribution in [0.15, 0.2) is 18.3 Å². The van der Waals surface area contributed by atoms with Crippen molar-refractivity contribution in [2.45, 2.75) is 52.0 Å². The van der Waals surface area contributed by atoms with Crippen molar-refractivity contribution in [1.82, 2.24) is 15.2 Å². The van der Waals surface area contributed by atoms with Crippen LogP contribution in [0.4, 0.5) is 10.6 Å². The molecule has 1 aliphatic rings. The topological polar surface area (TPSA) is 83.6 Å². The first-order chi connectivity index (χ1) is 12.6. The van der Waals surface area contributed by atoms with Crippen LogP contribution < -0.4 is 10.6 Å². The molecule has 1 saturated heterocycles. The van der Waals surface area contributed by atoms with E-state index in [0.29, 0.717) is 31.8 Å². The van der Waals surface area contributed by atoms with Crippen LogP contribution >= 0.6 is 0 Å². The van der Waals surface area contributed by atoms with Gasteiger partial charge in [-0.25, -0.2) is 9.78 Å². The Kier molecular flexibility index (Phi) is 8.18. The number of rotatable bonds is 8. The maximum Gasteiger partial charge on any atom is 0.409 e. The van der Waals surface area contributed by atoms with Crippen LogP contribution in [0.3, 0.4) is 0 Å². The molecular formula is C19H30N4O3. The minimum atomic E-state index is -0.238. The summed E-state index contributed by atoms with van der Waals surface area (Å²) in [5.41, 5.74) is 0.573. The van der Waals surface area contributed by atoms with Gasteiger partial charge in [0, 0.05) is 31.9 Å². The number of hydrogen-bond acceptors (Lipinski definition) is 5. The third kappa shape index (κ3) is 6.20. The molecule has 0 spiro atoms. The smallest absolute Gasteiger partial charge is 0.409 e. The second-order valence-electron chi connectivity index (χ2n) is 6.50. The van der Waals surface area contributed by atoms with Gasteiger partial charge in [-0.2, -0.15) is 0 Å². The van der Waals surface area contributed by atoms with Crippen LogP contribution in [0.25, 0.3) is 0 Å². The third-order valence-electron chi connectivity index (χ3n) is 4.46. The van der Waals surface area contributed by atoms with Gasteiger partial charge in [0.05, 0.1) is 12.2 Å². The average molecular weight is 362 g/mol. The van der Waals surface area contributed by atoms with Gasteiger partial charge in [-0.05, 0) is 38.3 Å². The van der Waals surface area contributed by atoms with Crippen molar-refractivity contribution in [2.75, 3.05) is 31.6 Å². The number of likely N-dealkylation sites (tertiary alicyclic amines) is 1. The summed E-state index contributed by atoms with van der Waals surface area (Å²) in [6, 6.07) is 3.89. The molecule has 0 bridgehead atoms. The van der Waals surface area contributed by atoms with Crippen LogP contribution in [0.5, 0.6) is 0 Å². The summed E-state index contributed by atoms with van der Waals surface area (Å²) >= 11 is 0. The lowest BCUT2D eigenvalue weighted by molar-refractivity contribution is 0.0951. The average Bonchev–Trinajstić information content (AvgIpc) is 2.66. The van der Waals surface area contributed by atoms with E-state index in [0.717, 1.165) is 37.9 Å². The predicted octanol–water partition coefficient (Wildman–Crippen LogP) is 3.03. The lowest BCUT2D eigenvalue weighted by Crippen LogP contribution is -2.42. The maximum atomic E-state index is 12.0. The fourth-order valence-corrected chi connectivity index (χ4v) is 2.92. The molecule has 0 radical (unpaired) electrons. The van der Waals surface area contributed by atoms with Gasteiger partial charge in [0.25, 0.3) is 5.91 Å². The zero-order valence-electron chi connectivity index (χ0n) is 15.8. The summed E-state index contributed by atoms with van der Waals surface area (Å²) in [5.74, 6) is 0.671. The monoisotopic (exact) mass is 362 g/mol. The van der Waals surface area contributed by atoms with Crippen LogP contribution in [0.1, 0.15) is 56.3 Å². The number of carbonyl (C=O) groups is 2. The Bertz CT molecular complexity index is 569. The van der Waals surface area contributed by atoms with Crippen molar-refractivity contribution in [3.8, 4) is 0 Å². The number of nitrogens with one attached hydrogen (secondary N) is 2. The van der Waals surface area contributed by atoms with E-state index in [-0.39, 0.29) is 18.0 Å². The molecule has 2 amide bonds. The fraction of sp³-hybridized carbons (Fsp3) is 0.632.